The standard InChI is InChI=1S/C22H36/c1-4-17(2)20-14-15-21-19(11-8-16-22(20,21)3)13-12-18-9-6-5-7-10-18/h12-13,17,20-21H,4-11,14-16H2,1-3H3/b19-13+. The van der Waals surface area contributed by atoms with Gasteiger partial charge in [0.2, 0.25) is 0 Å². The largest absolute Gasteiger partial charge is 0.0702 e. The predicted molar refractivity (Wildman–Crippen MR) is 96.9 cm³/mol. The molecule has 3 aliphatic carbocycles. The lowest BCUT2D eigenvalue weighted by molar-refractivity contribution is 0.0961. The predicted octanol–water partition coefficient (Wildman–Crippen LogP) is 7.07. The molecule has 0 aliphatic heterocycles. The normalized spacial score (nSPS) is 38.9. The third kappa shape index (κ3) is 3.08. The van der Waals surface area contributed by atoms with Gasteiger partial charge in [-0.05, 0) is 81.0 Å². The van der Waals surface area contributed by atoms with E-state index in [1.165, 1.54) is 70.6 Å². The molecule has 0 radical (unpaired) electrons. The maximum atomic E-state index is 2.63. The van der Waals surface area contributed by atoms with Crippen LogP contribution in [0.1, 0.15) is 91.4 Å². The second-order valence-corrected chi connectivity index (χ2v) is 8.61. The van der Waals surface area contributed by atoms with E-state index in [4.69, 9.17) is 0 Å². The molecule has 0 aromatic heterocycles. The third-order valence-corrected chi connectivity index (χ3v) is 7.40. The Morgan fingerprint density at radius 2 is 1.82 bits per heavy atom. The van der Waals surface area contributed by atoms with E-state index in [1.54, 1.807) is 11.1 Å². The van der Waals surface area contributed by atoms with E-state index in [0.717, 1.165) is 17.8 Å². The number of fused-ring (bicyclic) bond motifs is 1. The minimum Gasteiger partial charge on any atom is -0.0702 e. The van der Waals surface area contributed by atoms with E-state index in [2.05, 4.69) is 32.9 Å². The molecule has 3 saturated carbocycles. The summed E-state index contributed by atoms with van der Waals surface area (Å²) in [6.45, 7) is 7.51. The molecule has 4 atom stereocenters. The molecular weight excluding hydrogens is 264 g/mol. The Morgan fingerprint density at radius 1 is 1.05 bits per heavy atom. The first kappa shape index (κ1) is 16.3. The third-order valence-electron chi connectivity index (χ3n) is 7.40. The van der Waals surface area contributed by atoms with Crippen LogP contribution in [-0.2, 0) is 0 Å². The highest BCUT2D eigenvalue weighted by Crippen LogP contribution is 2.59. The molecule has 0 heterocycles. The summed E-state index contributed by atoms with van der Waals surface area (Å²) in [6.07, 6.45) is 20.7. The summed E-state index contributed by atoms with van der Waals surface area (Å²) in [6, 6.07) is 0. The van der Waals surface area contributed by atoms with Crippen molar-refractivity contribution in [3.05, 3.63) is 23.3 Å². The van der Waals surface area contributed by atoms with E-state index in [9.17, 15) is 0 Å². The minimum absolute atomic E-state index is 0.602. The van der Waals surface area contributed by atoms with Crippen molar-refractivity contribution in [2.75, 3.05) is 0 Å². The first-order valence-electron chi connectivity index (χ1n) is 10.0. The average Bonchev–Trinajstić information content (AvgIpc) is 2.90. The van der Waals surface area contributed by atoms with Crippen LogP contribution in [0.15, 0.2) is 23.3 Å². The monoisotopic (exact) mass is 300 g/mol. The molecule has 22 heavy (non-hydrogen) atoms. The van der Waals surface area contributed by atoms with Crippen LogP contribution in [0.25, 0.3) is 0 Å². The SMILES string of the molecule is CCC(C)C1CCC2/C(=C/C=C3CCCCC3)CCCC21C. The summed E-state index contributed by atoms with van der Waals surface area (Å²) in [5, 5.41) is 0. The first-order valence-corrected chi connectivity index (χ1v) is 10.0. The van der Waals surface area contributed by atoms with Crippen molar-refractivity contribution in [2.24, 2.45) is 23.2 Å². The fourth-order valence-corrected chi connectivity index (χ4v) is 5.90. The smallest absolute Gasteiger partial charge is 0.0143 e. The molecule has 4 unspecified atom stereocenters. The number of hydrogen-bond acceptors (Lipinski definition) is 0. The zero-order chi connectivity index (χ0) is 15.6. The summed E-state index contributed by atoms with van der Waals surface area (Å²) in [4.78, 5) is 0. The molecule has 0 spiro atoms. The molecule has 0 N–H and O–H groups in total. The molecule has 0 bridgehead atoms. The molecule has 3 aliphatic rings. The van der Waals surface area contributed by atoms with Crippen LogP contribution in [0.4, 0.5) is 0 Å². The van der Waals surface area contributed by atoms with Crippen LogP contribution < -0.4 is 0 Å². The van der Waals surface area contributed by atoms with E-state index in [0.29, 0.717) is 5.41 Å². The molecular formula is C22H36. The van der Waals surface area contributed by atoms with Crippen molar-refractivity contribution >= 4 is 0 Å². The van der Waals surface area contributed by atoms with Crippen LogP contribution >= 0.6 is 0 Å². The van der Waals surface area contributed by atoms with Gasteiger partial charge in [0, 0.05) is 0 Å². The molecule has 0 saturated heterocycles. The van der Waals surface area contributed by atoms with Gasteiger partial charge in [0.05, 0.1) is 0 Å². The van der Waals surface area contributed by atoms with Gasteiger partial charge in [0.1, 0.15) is 0 Å². The molecule has 0 heteroatoms. The summed E-state index contributed by atoms with van der Waals surface area (Å²) in [7, 11) is 0. The summed E-state index contributed by atoms with van der Waals surface area (Å²) < 4.78 is 0. The van der Waals surface area contributed by atoms with E-state index in [1.807, 2.05) is 0 Å². The Morgan fingerprint density at radius 3 is 2.55 bits per heavy atom. The zero-order valence-electron chi connectivity index (χ0n) is 15.2. The fourth-order valence-electron chi connectivity index (χ4n) is 5.90. The maximum absolute atomic E-state index is 2.63. The molecule has 0 aromatic carbocycles. The van der Waals surface area contributed by atoms with Crippen LogP contribution in [0.3, 0.4) is 0 Å². The molecule has 3 rings (SSSR count). The van der Waals surface area contributed by atoms with Crippen molar-refractivity contribution in [3.8, 4) is 0 Å². The van der Waals surface area contributed by atoms with E-state index in [-0.39, 0.29) is 0 Å². The minimum atomic E-state index is 0.602. The Labute approximate surface area is 138 Å². The quantitative estimate of drug-likeness (QED) is 0.523. The number of hydrogen-bond donors (Lipinski definition) is 0. The topological polar surface area (TPSA) is 0 Å². The Kier molecular flexibility index (Phi) is 5.15. The van der Waals surface area contributed by atoms with Gasteiger partial charge in [-0.1, -0.05) is 56.9 Å². The van der Waals surface area contributed by atoms with Crippen molar-refractivity contribution in [2.45, 2.75) is 91.4 Å². The van der Waals surface area contributed by atoms with Gasteiger partial charge in [-0.3, -0.25) is 0 Å². The van der Waals surface area contributed by atoms with Crippen molar-refractivity contribution in [1.82, 2.24) is 0 Å². The lowest BCUT2D eigenvalue weighted by Crippen LogP contribution is -2.35. The Balaban J connectivity index is 1.77. The van der Waals surface area contributed by atoms with Crippen molar-refractivity contribution < 1.29 is 0 Å². The van der Waals surface area contributed by atoms with Crippen LogP contribution in [0, 0.1) is 23.2 Å². The van der Waals surface area contributed by atoms with Gasteiger partial charge in [-0.2, -0.15) is 0 Å². The summed E-state index contributed by atoms with van der Waals surface area (Å²) in [5.41, 5.74) is 4.13. The Hall–Kier alpha value is -0.520. The van der Waals surface area contributed by atoms with Gasteiger partial charge >= 0.3 is 0 Å². The van der Waals surface area contributed by atoms with Gasteiger partial charge in [0.15, 0.2) is 0 Å². The number of allylic oxidation sites excluding steroid dienone is 4. The fraction of sp³-hybridized carbons (Fsp3) is 0.818. The van der Waals surface area contributed by atoms with E-state index < -0.39 is 0 Å². The highest BCUT2D eigenvalue weighted by Gasteiger charge is 2.50. The first-order chi connectivity index (χ1) is 10.6. The van der Waals surface area contributed by atoms with Crippen LogP contribution in [0.2, 0.25) is 0 Å². The summed E-state index contributed by atoms with van der Waals surface area (Å²) >= 11 is 0. The van der Waals surface area contributed by atoms with Gasteiger partial charge in [-0.15, -0.1) is 0 Å². The zero-order valence-corrected chi connectivity index (χ0v) is 15.2. The highest BCUT2D eigenvalue weighted by atomic mass is 14.5. The second-order valence-electron chi connectivity index (χ2n) is 8.61. The number of rotatable bonds is 3. The van der Waals surface area contributed by atoms with Gasteiger partial charge in [0.25, 0.3) is 0 Å². The molecule has 0 amide bonds. The highest BCUT2D eigenvalue weighted by molar-refractivity contribution is 5.25. The summed E-state index contributed by atoms with van der Waals surface area (Å²) in [5.74, 6) is 2.76. The second kappa shape index (κ2) is 6.93. The molecule has 3 fully saturated rings. The van der Waals surface area contributed by atoms with Crippen LogP contribution in [0.5, 0.6) is 0 Å². The average molecular weight is 301 g/mol. The lowest BCUT2D eigenvalue weighted by Gasteiger charge is -2.44. The van der Waals surface area contributed by atoms with Crippen LogP contribution in [-0.4, -0.2) is 0 Å². The lowest BCUT2D eigenvalue weighted by atomic mass is 9.61. The van der Waals surface area contributed by atoms with Crippen molar-refractivity contribution in [1.29, 1.82) is 0 Å². The molecule has 0 aromatic rings. The van der Waals surface area contributed by atoms with E-state index >= 15 is 0 Å². The Bertz CT molecular complexity index is 433. The van der Waals surface area contributed by atoms with Gasteiger partial charge in [-0.25, -0.2) is 0 Å². The molecule has 0 nitrogen and oxygen atoms in total. The molecule has 124 valence electrons. The van der Waals surface area contributed by atoms with Crippen molar-refractivity contribution in [3.63, 3.8) is 0 Å². The van der Waals surface area contributed by atoms with Gasteiger partial charge < -0.3 is 0 Å². The maximum Gasteiger partial charge on any atom is -0.0143 e.